The van der Waals surface area contributed by atoms with E-state index in [4.69, 9.17) is 34.8 Å². The maximum absolute atomic E-state index is 12.0. The predicted molar refractivity (Wildman–Crippen MR) is 92.7 cm³/mol. The maximum atomic E-state index is 12.0. The lowest BCUT2D eigenvalue weighted by Gasteiger charge is -2.01. The summed E-state index contributed by atoms with van der Waals surface area (Å²) >= 11 is 21.1. The number of ketones is 1. The zero-order valence-electron chi connectivity index (χ0n) is 10.6. The van der Waals surface area contributed by atoms with Gasteiger partial charge in [-0.05, 0) is 52.3 Å². The van der Waals surface area contributed by atoms with Gasteiger partial charge in [0.25, 0.3) is 0 Å². The van der Waals surface area contributed by atoms with Crippen LogP contribution >= 0.6 is 50.7 Å². The fraction of sp³-hybridized carbons (Fsp3) is 0.0667. The van der Waals surface area contributed by atoms with E-state index in [1.807, 2.05) is 0 Å². The molecule has 0 saturated heterocycles. The third kappa shape index (κ3) is 4.55. The lowest BCUT2D eigenvalue weighted by Crippen LogP contribution is -2.00. The molecular formula is C15H9BrCl3NO. The van der Waals surface area contributed by atoms with Crippen molar-refractivity contribution in [1.29, 1.82) is 0 Å². The van der Waals surface area contributed by atoms with Crippen molar-refractivity contribution in [3.05, 3.63) is 61.5 Å². The average molecular weight is 406 g/mol. The molecule has 0 saturated carbocycles. The fourth-order valence-electron chi connectivity index (χ4n) is 1.62. The van der Waals surface area contributed by atoms with Gasteiger partial charge in [-0.15, -0.1) is 0 Å². The quantitative estimate of drug-likeness (QED) is 0.428. The molecule has 6 heteroatoms. The van der Waals surface area contributed by atoms with Gasteiger partial charge in [-0.25, -0.2) is 0 Å². The number of aliphatic imine (C=N–C) groups is 1. The minimum atomic E-state index is -0.122. The minimum absolute atomic E-state index is 0.122. The summed E-state index contributed by atoms with van der Waals surface area (Å²) in [6.45, 7) is 0. The summed E-state index contributed by atoms with van der Waals surface area (Å²) in [6.07, 6.45) is 1.68. The number of hydrogen-bond acceptors (Lipinski definition) is 2. The van der Waals surface area contributed by atoms with Gasteiger partial charge in [-0.2, -0.15) is 0 Å². The van der Waals surface area contributed by atoms with Crippen molar-refractivity contribution in [2.24, 2.45) is 4.99 Å². The molecule has 0 N–H and O–H groups in total. The maximum Gasteiger partial charge on any atom is 0.169 e. The second kappa shape index (κ2) is 7.41. The van der Waals surface area contributed by atoms with E-state index in [9.17, 15) is 4.79 Å². The molecule has 2 rings (SSSR count). The molecule has 0 aliphatic heterocycles. The van der Waals surface area contributed by atoms with Crippen LogP contribution in [0, 0.1) is 0 Å². The first-order chi connectivity index (χ1) is 9.97. The lowest BCUT2D eigenvalue weighted by atomic mass is 10.1. The molecule has 0 atom stereocenters. The first-order valence-electron chi connectivity index (χ1n) is 5.93. The van der Waals surface area contributed by atoms with E-state index in [0.29, 0.717) is 26.3 Å². The first-order valence-corrected chi connectivity index (χ1v) is 7.86. The molecular weight excluding hydrogens is 396 g/mol. The van der Waals surface area contributed by atoms with Gasteiger partial charge in [-0.3, -0.25) is 9.79 Å². The van der Waals surface area contributed by atoms with Gasteiger partial charge in [0, 0.05) is 27.7 Å². The molecule has 0 unspecified atom stereocenters. The first kappa shape index (κ1) is 16.5. The van der Waals surface area contributed by atoms with Crippen LogP contribution in [-0.4, -0.2) is 12.0 Å². The Morgan fingerprint density at radius 1 is 1.10 bits per heavy atom. The number of rotatable bonds is 4. The smallest absolute Gasteiger partial charge is 0.169 e. The van der Waals surface area contributed by atoms with Gasteiger partial charge in [0.05, 0.1) is 15.7 Å². The Kier molecular flexibility index (Phi) is 5.82. The monoisotopic (exact) mass is 403 g/mol. The highest BCUT2D eigenvalue weighted by atomic mass is 79.9. The van der Waals surface area contributed by atoms with Crippen molar-refractivity contribution < 1.29 is 4.79 Å². The highest BCUT2D eigenvalue weighted by Gasteiger charge is 2.09. The Balaban J connectivity index is 2.06. The van der Waals surface area contributed by atoms with Crippen LogP contribution in [-0.2, 0) is 0 Å². The molecule has 0 aliphatic rings. The summed E-state index contributed by atoms with van der Waals surface area (Å²) in [5.41, 5.74) is 1.11. The number of halogens is 4. The Morgan fingerprint density at radius 2 is 1.86 bits per heavy atom. The summed E-state index contributed by atoms with van der Waals surface area (Å²) in [4.78, 5) is 16.2. The third-order valence-electron chi connectivity index (χ3n) is 2.65. The summed E-state index contributed by atoms with van der Waals surface area (Å²) in [5, 5.41) is 1.40. The van der Waals surface area contributed by atoms with Crippen molar-refractivity contribution >= 4 is 68.4 Å². The van der Waals surface area contributed by atoms with E-state index >= 15 is 0 Å². The van der Waals surface area contributed by atoms with Gasteiger partial charge in [0.1, 0.15) is 0 Å². The molecule has 0 radical (unpaired) electrons. The second-order valence-electron chi connectivity index (χ2n) is 4.16. The van der Waals surface area contributed by atoms with Crippen LogP contribution in [0.15, 0.2) is 45.9 Å². The van der Waals surface area contributed by atoms with Crippen LogP contribution in [0.4, 0.5) is 5.69 Å². The number of benzene rings is 2. The van der Waals surface area contributed by atoms with Gasteiger partial charge in [0.15, 0.2) is 5.78 Å². The zero-order chi connectivity index (χ0) is 15.4. The lowest BCUT2D eigenvalue weighted by molar-refractivity contribution is 0.100. The molecule has 0 bridgehead atoms. The Bertz CT molecular complexity index is 716. The fourth-order valence-corrected chi connectivity index (χ4v) is 2.56. The third-order valence-corrected chi connectivity index (χ3v) is 4.43. The van der Waals surface area contributed by atoms with Gasteiger partial charge >= 0.3 is 0 Å². The highest BCUT2D eigenvalue weighted by molar-refractivity contribution is 9.10. The Morgan fingerprint density at radius 3 is 2.52 bits per heavy atom. The summed E-state index contributed by atoms with van der Waals surface area (Å²) in [7, 11) is 0. The van der Waals surface area contributed by atoms with Gasteiger partial charge in [0.2, 0.25) is 0 Å². The molecule has 0 spiro atoms. The molecule has 2 nitrogen and oxygen atoms in total. The zero-order valence-corrected chi connectivity index (χ0v) is 14.5. The van der Waals surface area contributed by atoms with E-state index < -0.39 is 0 Å². The highest BCUT2D eigenvalue weighted by Crippen LogP contribution is 2.27. The Hall–Kier alpha value is -0.870. The second-order valence-corrected chi connectivity index (χ2v) is 6.27. The van der Waals surface area contributed by atoms with E-state index in [-0.39, 0.29) is 12.2 Å². The topological polar surface area (TPSA) is 29.4 Å². The molecule has 2 aromatic rings. The predicted octanol–water partition coefficient (Wildman–Crippen LogP) is 6.38. The van der Waals surface area contributed by atoms with Crippen molar-refractivity contribution in [3.8, 4) is 0 Å². The SMILES string of the molecule is O=C(CC=Nc1ccc(Br)c(Cl)c1)c1ccc(Cl)cc1Cl. The van der Waals surface area contributed by atoms with Crippen LogP contribution in [0.5, 0.6) is 0 Å². The normalized spacial score (nSPS) is 11.0. The number of hydrogen-bond donors (Lipinski definition) is 0. The van der Waals surface area contributed by atoms with E-state index in [0.717, 1.165) is 4.47 Å². The molecule has 0 fully saturated rings. The molecule has 0 aliphatic carbocycles. The standard InChI is InChI=1S/C15H9BrCl3NO/c16-12-4-2-10(8-14(12)19)20-6-5-15(21)11-3-1-9(17)7-13(11)18/h1-4,6-8H,5H2. The minimum Gasteiger partial charge on any atom is -0.294 e. The summed E-state index contributed by atoms with van der Waals surface area (Å²) in [5.74, 6) is -0.122. The van der Waals surface area contributed by atoms with E-state index in [1.165, 1.54) is 6.21 Å². The average Bonchev–Trinajstić information content (AvgIpc) is 2.42. The molecule has 0 amide bonds. The summed E-state index contributed by atoms with van der Waals surface area (Å²) < 4.78 is 0.798. The number of carbonyl (C=O) groups excluding carboxylic acids is 1. The van der Waals surface area contributed by atoms with Crippen molar-refractivity contribution in [3.63, 3.8) is 0 Å². The van der Waals surface area contributed by atoms with Crippen LogP contribution in [0.25, 0.3) is 0 Å². The molecule has 108 valence electrons. The van der Waals surface area contributed by atoms with Crippen molar-refractivity contribution in [1.82, 2.24) is 0 Å². The van der Waals surface area contributed by atoms with E-state index in [2.05, 4.69) is 20.9 Å². The van der Waals surface area contributed by atoms with Crippen LogP contribution < -0.4 is 0 Å². The van der Waals surface area contributed by atoms with Gasteiger partial charge in [-0.1, -0.05) is 34.8 Å². The summed E-state index contributed by atoms with van der Waals surface area (Å²) in [6, 6.07) is 10.1. The number of nitrogens with zero attached hydrogens (tertiary/aromatic N) is 1. The van der Waals surface area contributed by atoms with Crippen LogP contribution in [0.2, 0.25) is 15.1 Å². The molecule has 21 heavy (non-hydrogen) atoms. The molecule has 0 aromatic heterocycles. The molecule has 0 heterocycles. The van der Waals surface area contributed by atoms with Gasteiger partial charge < -0.3 is 0 Å². The van der Waals surface area contributed by atoms with Crippen LogP contribution in [0.3, 0.4) is 0 Å². The number of Topliss-reactive ketones (excluding diaryl/α,β-unsaturated/α-hetero) is 1. The Labute approximate surface area is 145 Å². The molecule has 2 aromatic carbocycles. The van der Waals surface area contributed by atoms with Crippen molar-refractivity contribution in [2.75, 3.05) is 0 Å². The van der Waals surface area contributed by atoms with E-state index in [1.54, 1.807) is 36.4 Å². The van der Waals surface area contributed by atoms with Crippen LogP contribution in [0.1, 0.15) is 16.8 Å². The number of carbonyl (C=O) groups is 1. The van der Waals surface area contributed by atoms with Crippen molar-refractivity contribution in [2.45, 2.75) is 6.42 Å². The largest absolute Gasteiger partial charge is 0.294 e.